The van der Waals surface area contributed by atoms with Gasteiger partial charge in [-0.05, 0) is 45.5 Å². The van der Waals surface area contributed by atoms with E-state index in [9.17, 15) is 9.90 Å². The van der Waals surface area contributed by atoms with Crippen LogP contribution in [-0.4, -0.2) is 11.1 Å². The van der Waals surface area contributed by atoms with Crippen LogP contribution < -0.4 is 0 Å². The van der Waals surface area contributed by atoms with Gasteiger partial charge < -0.3 is 5.11 Å². The predicted molar refractivity (Wildman–Crippen MR) is 120 cm³/mol. The van der Waals surface area contributed by atoms with E-state index in [0.29, 0.717) is 11.1 Å². The summed E-state index contributed by atoms with van der Waals surface area (Å²) >= 11 is 0. The summed E-state index contributed by atoms with van der Waals surface area (Å²) in [5.41, 5.74) is 6.38. The van der Waals surface area contributed by atoms with Gasteiger partial charge in [-0.15, -0.1) is 0 Å². The summed E-state index contributed by atoms with van der Waals surface area (Å²) in [4.78, 5) is 11.6. The molecule has 0 aliphatic carbocycles. The van der Waals surface area contributed by atoms with Gasteiger partial charge in [-0.2, -0.15) is 0 Å². The molecule has 0 spiro atoms. The second-order valence-electron chi connectivity index (χ2n) is 6.79. The summed E-state index contributed by atoms with van der Waals surface area (Å²) in [6.07, 6.45) is 3.82. The lowest BCUT2D eigenvalue weighted by Crippen LogP contribution is -1.99. The molecule has 0 radical (unpaired) electrons. The SMILES string of the molecule is O=C(O)c1ccc(-c2ccccc2)cc1C=Cc1ccc(-c2ccccc2)cc1. The lowest BCUT2D eigenvalue weighted by molar-refractivity contribution is 0.0696. The van der Waals surface area contributed by atoms with Crippen LogP contribution in [0.15, 0.2) is 103 Å². The second kappa shape index (κ2) is 8.41. The van der Waals surface area contributed by atoms with E-state index in [0.717, 1.165) is 22.3 Å². The van der Waals surface area contributed by atoms with Gasteiger partial charge in [0, 0.05) is 0 Å². The number of rotatable bonds is 5. The molecule has 4 aromatic rings. The van der Waals surface area contributed by atoms with Crippen LogP contribution in [0.1, 0.15) is 21.5 Å². The highest BCUT2D eigenvalue weighted by Gasteiger charge is 2.09. The molecule has 4 rings (SSSR count). The third kappa shape index (κ3) is 4.33. The molecule has 0 aromatic heterocycles. The summed E-state index contributed by atoms with van der Waals surface area (Å²) in [5.74, 6) is -0.927. The molecule has 0 heterocycles. The van der Waals surface area contributed by atoms with Crippen molar-refractivity contribution in [2.75, 3.05) is 0 Å². The minimum absolute atomic E-state index is 0.293. The van der Waals surface area contributed by atoms with Crippen molar-refractivity contribution in [3.8, 4) is 22.3 Å². The molecular formula is C27H20O2. The Balaban J connectivity index is 1.64. The lowest BCUT2D eigenvalue weighted by atomic mass is 9.98. The molecule has 0 saturated heterocycles. The Hall–Kier alpha value is -3.91. The van der Waals surface area contributed by atoms with E-state index in [1.54, 1.807) is 6.07 Å². The van der Waals surface area contributed by atoms with Gasteiger partial charge in [-0.1, -0.05) is 103 Å². The summed E-state index contributed by atoms with van der Waals surface area (Å²) in [5, 5.41) is 9.55. The maximum Gasteiger partial charge on any atom is 0.336 e. The van der Waals surface area contributed by atoms with Crippen LogP contribution in [0.4, 0.5) is 0 Å². The zero-order valence-electron chi connectivity index (χ0n) is 15.8. The highest BCUT2D eigenvalue weighted by molar-refractivity contribution is 5.94. The Morgan fingerprint density at radius 3 is 1.69 bits per heavy atom. The normalized spacial score (nSPS) is 10.9. The Morgan fingerprint density at radius 2 is 1.10 bits per heavy atom. The van der Waals surface area contributed by atoms with Crippen LogP contribution in [0.3, 0.4) is 0 Å². The Kier molecular flexibility index (Phi) is 5.35. The number of benzene rings is 4. The number of hydrogen-bond donors (Lipinski definition) is 1. The summed E-state index contributed by atoms with van der Waals surface area (Å²) in [7, 11) is 0. The zero-order chi connectivity index (χ0) is 20.1. The van der Waals surface area contributed by atoms with Crippen molar-refractivity contribution in [3.05, 3.63) is 120 Å². The van der Waals surface area contributed by atoms with Crippen molar-refractivity contribution in [2.45, 2.75) is 0 Å². The van der Waals surface area contributed by atoms with Crippen LogP contribution in [0, 0.1) is 0 Å². The van der Waals surface area contributed by atoms with E-state index in [1.165, 1.54) is 5.56 Å². The largest absolute Gasteiger partial charge is 0.478 e. The molecule has 29 heavy (non-hydrogen) atoms. The van der Waals surface area contributed by atoms with Crippen molar-refractivity contribution in [1.29, 1.82) is 0 Å². The van der Waals surface area contributed by atoms with Crippen molar-refractivity contribution in [1.82, 2.24) is 0 Å². The summed E-state index contributed by atoms with van der Waals surface area (Å²) in [6, 6.07) is 33.9. The molecule has 0 unspecified atom stereocenters. The molecule has 0 amide bonds. The van der Waals surface area contributed by atoms with Crippen molar-refractivity contribution < 1.29 is 9.90 Å². The van der Waals surface area contributed by atoms with Crippen molar-refractivity contribution in [2.24, 2.45) is 0 Å². The van der Waals surface area contributed by atoms with Gasteiger partial charge in [-0.3, -0.25) is 0 Å². The fourth-order valence-corrected chi connectivity index (χ4v) is 3.31. The standard InChI is InChI=1S/C27H20O2/c28-27(29)26-18-17-24(22-9-5-2-6-10-22)19-25(26)16-13-20-11-14-23(15-12-20)21-7-3-1-4-8-21/h1-19H,(H,28,29). The first-order valence-electron chi connectivity index (χ1n) is 9.47. The second-order valence-corrected chi connectivity index (χ2v) is 6.79. The van der Waals surface area contributed by atoms with E-state index in [2.05, 4.69) is 24.3 Å². The van der Waals surface area contributed by atoms with Gasteiger partial charge in [0.15, 0.2) is 0 Å². The number of carbonyl (C=O) groups is 1. The fourth-order valence-electron chi connectivity index (χ4n) is 3.31. The average Bonchev–Trinajstić information content (AvgIpc) is 2.79. The number of carboxylic acids is 1. The molecule has 0 bridgehead atoms. The average molecular weight is 376 g/mol. The van der Waals surface area contributed by atoms with Gasteiger partial charge in [-0.25, -0.2) is 4.79 Å². The van der Waals surface area contributed by atoms with Gasteiger partial charge in [0.1, 0.15) is 0 Å². The lowest BCUT2D eigenvalue weighted by Gasteiger charge is -2.07. The minimum Gasteiger partial charge on any atom is -0.478 e. The van der Waals surface area contributed by atoms with Gasteiger partial charge in [0.25, 0.3) is 0 Å². The van der Waals surface area contributed by atoms with Crippen LogP contribution in [-0.2, 0) is 0 Å². The molecule has 4 aromatic carbocycles. The molecule has 0 aliphatic rings. The van der Waals surface area contributed by atoms with Crippen molar-refractivity contribution in [3.63, 3.8) is 0 Å². The van der Waals surface area contributed by atoms with Crippen LogP contribution in [0.5, 0.6) is 0 Å². The minimum atomic E-state index is -0.927. The molecule has 1 N–H and O–H groups in total. The quantitative estimate of drug-likeness (QED) is 0.385. The third-order valence-electron chi connectivity index (χ3n) is 4.86. The number of hydrogen-bond acceptors (Lipinski definition) is 1. The number of aromatic carboxylic acids is 1. The molecule has 0 fully saturated rings. The first-order chi connectivity index (χ1) is 14.2. The van der Waals surface area contributed by atoms with Crippen molar-refractivity contribution >= 4 is 18.1 Å². The van der Waals surface area contributed by atoms with E-state index in [1.807, 2.05) is 84.9 Å². The number of carboxylic acid groups (broad SMARTS) is 1. The first kappa shape index (κ1) is 18.5. The molecule has 2 heteroatoms. The van der Waals surface area contributed by atoms with Gasteiger partial charge in [0.05, 0.1) is 5.56 Å². The topological polar surface area (TPSA) is 37.3 Å². The molecule has 0 aliphatic heterocycles. The predicted octanol–water partition coefficient (Wildman–Crippen LogP) is 6.89. The highest BCUT2D eigenvalue weighted by atomic mass is 16.4. The van der Waals surface area contributed by atoms with Crippen LogP contribution in [0.2, 0.25) is 0 Å². The third-order valence-corrected chi connectivity index (χ3v) is 4.86. The summed E-state index contributed by atoms with van der Waals surface area (Å²) in [6.45, 7) is 0. The Morgan fingerprint density at radius 1 is 0.586 bits per heavy atom. The van der Waals surface area contributed by atoms with E-state index in [4.69, 9.17) is 0 Å². The van der Waals surface area contributed by atoms with Gasteiger partial charge in [0.2, 0.25) is 0 Å². The smallest absolute Gasteiger partial charge is 0.336 e. The monoisotopic (exact) mass is 376 g/mol. The van der Waals surface area contributed by atoms with E-state index >= 15 is 0 Å². The Bertz CT molecular complexity index is 1140. The summed E-state index contributed by atoms with van der Waals surface area (Å²) < 4.78 is 0. The molecule has 0 atom stereocenters. The van der Waals surface area contributed by atoms with E-state index in [-0.39, 0.29) is 0 Å². The first-order valence-corrected chi connectivity index (χ1v) is 9.47. The van der Waals surface area contributed by atoms with E-state index < -0.39 is 5.97 Å². The maximum atomic E-state index is 11.6. The molecule has 2 nitrogen and oxygen atoms in total. The highest BCUT2D eigenvalue weighted by Crippen LogP contribution is 2.25. The van der Waals surface area contributed by atoms with Gasteiger partial charge >= 0.3 is 5.97 Å². The molecule has 140 valence electrons. The zero-order valence-corrected chi connectivity index (χ0v) is 15.8. The molecular weight excluding hydrogens is 356 g/mol. The van der Waals surface area contributed by atoms with Crippen LogP contribution >= 0.6 is 0 Å². The fraction of sp³-hybridized carbons (Fsp3) is 0. The molecule has 0 saturated carbocycles. The maximum absolute atomic E-state index is 11.6. The van der Waals surface area contributed by atoms with Crippen LogP contribution in [0.25, 0.3) is 34.4 Å². The Labute approximate surface area is 170 Å².